The molecule has 0 spiro atoms. The van der Waals surface area contributed by atoms with Crippen molar-refractivity contribution >= 4 is 12.1 Å². The third-order valence-electron chi connectivity index (χ3n) is 3.95. The molecule has 1 rings (SSSR count). The molecule has 1 aliphatic rings. The van der Waals surface area contributed by atoms with Crippen LogP contribution in [0.15, 0.2) is 35.1 Å². The number of allylic oxidation sites excluding steroid dienone is 1. The molecule has 2 unspecified atom stereocenters. The molecule has 8 nitrogen and oxygen atoms in total. The van der Waals surface area contributed by atoms with Gasteiger partial charge in [-0.25, -0.2) is 9.59 Å². The molecule has 0 fully saturated rings. The summed E-state index contributed by atoms with van der Waals surface area (Å²) in [7, 11) is 1.54. The van der Waals surface area contributed by atoms with Crippen molar-refractivity contribution in [3.8, 4) is 0 Å². The number of carbonyl (C=O) groups is 2. The van der Waals surface area contributed by atoms with Gasteiger partial charge in [-0.3, -0.25) is 0 Å². The molecule has 1 aliphatic carbocycles. The van der Waals surface area contributed by atoms with Crippen LogP contribution in [0.25, 0.3) is 0 Å². The monoisotopic (exact) mass is 425 g/mol. The summed E-state index contributed by atoms with van der Waals surface area (Å²) in [5, 5.41) is 13.6. The van der Waals surface area contributed by atoms with Crippen LogP contribution in [-0.4, -0.2) is 61.3 Å². The first kappa shape index (κ1) is 25.7. The molecule has 0 aromatic rings. The number of ether oxygens (including phenoxy) is 4. The summed E-state index contributed by atoms with van der Waals surface area (Å²) in [4.78, 5) is 24.4. The molecule has 0 bridgehead atoms. The highest BCUT2D eigenvalue weighted by Crippen LogP contribution is 2.23. The number of rotatable bonds is 9. The minimum atomic E-state index is -1.25. The number of nitrogens with one attached hydrogen (secondary N) is 1. The Bertz CT molecular complexity index is 686. The Labute approximate surface area is 178 Å². The minimum absolute atomic E-state index is 0.130. The molecule has 170 valence electrons. The van der Waals surface area contributed by atoms with Gasteiger partial charge in [0, 0.05) is 18.5 Å². The zero-order valence-electron chi connectivity index (χ0n) is 19.0. The molecule has 0 heterocycles. The van der Waals surface area contributed by atoms with Gasteiger partial charge in [-0.1, -0.05) is 12.2 Å². The van der Waals surface area contributed by atoms with Crippen molar-refractivity contribution in [1.82, 2.24) is 5.32 Å². The van der Waals surface area contributed by atoms with E-state index >= 15 is 0 Å². The van der Waals surface area contributed by atoms with E-state index in [1.54, 1.807) is 53.7 Å². The van der Waals surface area contributed by atoms with E-state index in [0.29, 0.717) is 23.3 Å². The molecule has 0 aliphatic heterocycles. The van der Waals surface area contributed by atoms with Crippen LogP contribution < -0.4 is 5.32 Å². The topological polar surface area (TPSA) is 103 Å². The van der Waals surface area contributed by atoms with E-state index in [9.17, 15) is 14.7 Å². The lowest BCUT2D eigenvalue weighted by Crippen LogP contribution is -2.40. The fourth-order valence-corrected chi connectivity index (χ4v) is 2.74. The first-order valence-electron chi connectivity index (χ1n) is 10.1. The highest BCUT2D eigenvalue weighted by atomic mass is 16.6. The van der Waals surface area contributed by atoms with Gasteiger partial charge in [0.25, 0.3) is 0 Å². The lowest BCUT2D eigenvalue weighted by atomic mass is 10.0. The number of alkyl carbamates (subject to hydrolysis) is 1. The van der Waals surface area contributed by atoms with E-state index < -0.39 is 29.9 Å². The van der Waals surface area contributed by atoms with Gasteiger partial charge < -0.3 is 29.4 Å². The molecule has 30 heavy (non-hydrogen) atoms. The number of amides is 1. The largest absolute Gasteiger partial charge is 0.500 e. The van der Waals surface area contributed by atoms with Crippen molar-refractivity contribution < 1.29 is 33.6 Å². The van der Waals surface area contributed by atoms with E-state index in [1.165, 1.54) is 7.11 Å². The van der Waals surface area contributed by atoms with Crippen LogP contribution in [0.5, 0.6) is 0 Å². The molecule has 0 saturated heterocycles. The molecule has 2 N–H and O–H groups in total. The molecule has 0 saturated carbocycles. The Morgan fingerprint density at radius 2 is 1.93 bits per heavy atom. The van der Waals surface area contributed by atoms with Crippen LogP contribution >= 0.6 is 0 Å². The zero-order valence-corrected chi connectivity index (χ0v) is 19.0. The molecule has 0 aromatic heterocycles. The number of aliphatic hydroxyl groups excluding tert-OH is 1. The lowest BCUT2D eigenvalue weighted by molar-refractivity contribution is -0.166. The fourth-order valence-electron chi connectivity index (χ4n) is 2.74. The molecular formula is C22H35NO7. The Balaban J connectivity index is 3.10. The number of carbonyl (C=O) groups excluding carboxylic acids is 2. The van der Waals surface area contributed by atoms with Crippen molar-refractivity contribution in [2.75, 3.05) is 20.3 Å². The SMILES string of the molecule is CCOC(=O)C(OC(C)C)C(O)C1=CC(CNC(=O)OC(C)(C)C)=C(OC)CC=C1. The van der Waals surface area contributed by atoms with Gasteiger partial charge in [0.15, 0.2) is 6.10 Å². The Kier molecular flexibility index (Phi) is 10.1. The highest BCUT2D eigenvalue weighted by Gasteiger charge is 2.32. The summed E-state index contributed by atoms with van der Waals surface area (Å²) in [6.07, 6.45) is 2.38. The average Bonchev–Trinajstić information content (AvgIpc) is 2.84. The quantitative estimate of drug-likeness (QED) is 0.547. The van der Waals surface area contributed by atoms with Crippen LogP contribution in [0.2, 0.25) is 0 Å². The second-order valence-electron chi connectivity index (χ2n) is 8.06. The Morgan fingerprint density at radius 3 is 2.47 bits per heavy atom. The van der Waals surface area contributed by atoms with E-state index in [-0.39, 0.29) is 19.3 Å². The average molecular weight is 426 g/mol. The van der Waals surface area contributed by atoms with Gasteiger partial charge >= 0.3 is 12.1 Å². The third-order valence-corrected chi connectivity index (χ3v) is 3.95. The van der Waals surface area contributed by atoms with Gasteiger partial charge in [0.2, 0.25) is 0 Å². The lowest BCUT2D eigenvalue weighted by Gasteiger charge is -2.24. The summed E-state index contributed by atoms with van der Waals surface area (Å²) in [6, 6.07) is 0. The molecule has 8 heteroatoms. The Hall–Kier alpha value is -2.32. The highest BCUT2D eigenvalue weighted by molar-refractivity contribution is 5.76. The van der Waals surface area contributed by atoms with Crippen LogP contribution in [0.4, 0.5) is 4.79 Å². The number of hydrogen-bond acceptors (Lipinski definition) is 7. The smallest absolute Gasteiger partial charge is 0.407 e. The summed E-state index contributed by atoms with van der Waals surface area (Å²) in [5.74, 6) is -0.0106. The van der Waals surface area contributed by atoms with Crippen molar-refractivity contribution in [3.63, 3.8) is 0 Å². The molecule has 0 radical (unpaired) electrons. The summed E-state index contributed by atoms with van der Waals surface area (Å²) in [5.41, 5.74) is 0.475. The molecular weight excluding hydrogens is 390 g/mol. The van der Waals surface area contributed by atoms with E-state index in [4.69, 9.17) is 18.9 Å². The van der Waals surface area contributed by atoms with Gasteiger partial charge in [0.1, 0.15) is 17.5 Å². The maximum Gasteiger partial charge on any atom is 0.407 e. The zero-order chi connectivity index (χ0) is 22.9. The maximum absolute atomic E-state index is 12.3. The number of aliphatic hydroxyl groups is 1. The van der Waals surface area contributed by atoms with Gasteiger partial charge in [-0.05, 0) is 53.2 Å². The first-order chi connectivity index (χ1) is 14.0. The van der Waals surface area contributed by atoms with Crippen LogP contribution in [-0.2, 0) is 23.7 Å². The second-order valence-corrected chi connectivity index (χ2v) is 8.06. The van der Waals surface area contributed by atoms with Crippen molar-refractivity contribution in [2.24, 2.45) is 0 Å². The minimum Gasteiger partial charge on any atom is -0.500 e. The number of methoxy groups -OCH3 is 1. The predicted molar refractivity (Wildman–Crippen MR) is 113 cm³/mol. The van der Waals surface area contributed by atoms with E-state index in [0.717, 1.165) is 0 Å². The summed E-state index contributed by atoms with van der Waals surface area (Å²) in [6.45, 7) is 10.9. The molecule has 1 amide bonds. The van der Waals surface area contributed by atoms with E-state index in [1.807, 2.05) is 6.08 Å². The number of esters is 1. The standard InChI is InChI=1S/C22H35NO7/c1-8-28-20(25)19(29-14(2)3)18(24)15-10-9-11-17(27-7)16(12-15)13-23-21(26)30-22(4,5)6/h9-10,12,14,18-19,24H,8,11,13H2,1-7H3,(H,23,26). The van der Waals surface area contributed by atoms with Gasteiger partial charge in [0.05, 0.1) is 19.8 Å². The molecule has 0 aromatic carbocycles. The van der Waals surface area contributed by atoms with E-state index in [2.05, 4.69) is 5.32 Å². The van der Waals surface area contributed by atoms with Crippen LogP contribution in [0, 0.1) is 0 Å². The first-order valence-corrected chi connectivity index (χ1v) is 10.1. The van der Waals surface area contributed by atoms with Crippen molar-refractivity contribution in [1.29, 1.82) is 0 Å². The fraction of sp³-hybridized carbons (Fsp3) is 0.636. The molecule has 2 atom stereocenters. The third kappa shape index (κ3) is 8.59. The second kappa shape index (κ2) is 11.8. The normalized spacial score (nSPS) is 16.5. The van der Waals surface area contributed by atoms with Gasteiger partial charge in [-0.15, -0.1) is 0 Å². The van der Waals surface area contributed by atoms with Crippen molar-refractivity contribution in [2.45, 2.75) is 71.9 Å². The maximum atomic E-state index is 12.3. The van der Waals surface area contributed by atoms with Crippen LogP contribution in [0.3, 0.4) is 0 Å². The summed E-state index contributed by atoms with van der Waals surface area (Å²) < 4.78 is 21.4. The Morgan fingerprint density at radius 1 is 1.27 bits per heavy atom. The van der Waals surface area contributed by atoms with Crippen LogP contribution in [0.1, 0.15) is 48.0 Å². The van der Waals surface area contributed by atoms with Crippen molar-refractivity contribution in [3.05, 3.63) is 35.1 Å². The summed E-state index contributed by atoms with van der Waals surface area (Å²) >= 11 is 0. The number of hydrogen-bond donors (Lipinski definition) is 2. The predicted octanol–water partition coefficient (Wildman–Crippen LogP) is 3.02. The van der Waals surface area contributed by atoms with Gasteiger partial charge in [-0.2, -0.15) is 0 Å².